The van der Waals surface area contributed by atoms with Crippen LogP contribution in [0.4, 0.5) is 0 Å². The van der Waals surface area contributed by atoms with Gasteiger partial charge in [-0.1, -0.05) is 6.07 Å². The summed E-state index contributed by atoms with van der Waals surface area (Å²) in [5.41, 5.74) is 2.88. The molecule has 3 nitrogen and oxygen atoms in total. The lowest BCUT2D eigenvalue weighted by Crippen LogP contribution is -1.90. The van der Waals surface area contributed by atoms with Crippen LogP contribution in [-0.4, -0.2) is 17.1 Å². The van der Waals surface area contributed by atoms with E-state index >= 15 is 0 Å². The third-order valence-electron chi connectivity index (χ3n) is 2.14. The van der Waals surface area contributed by atoms with Crippen molar-refractivity contribution >= 4 is 0 Å². The molecule has 2 rings (SSSR count). The Kier molecular flexibility index (Phi) is 2.63. The summed E-state index contributed by atoms with van der Waals surface area (Å²) in [5.74, 6) is 0.619. The van der Waals surface area contributed by atoms with Gasteiger partial charge in [0.2, 0.25) is 5.88 Å². The van der Waals surface area contributed by atoms with E-state index < -0.39 is 0 Å². The predicted octanol–water partition coefficient (Wildman–Crippen LogP) is 2.46. The summed E-state index contributed by atoms with van der Waals surface area (Å²) in [4.78, 5) is 8.56. The van der Waals surface area contributed by atoms with Gasteiger partial charge in [-0.25, -0.2) is 4.98 Å². The summed E-state index contributed by atoms with van der Waals surface area (Å²) in [6.45, 7) is 1.96. The Hall–Kier alpha value is -1.90. The third-order valence-corrected chi connectivity index (χ3v) is 2.14. The van der Waals surface area contributed by atoms with Crippen molar-refractivity contribution in [1.82, 2.24) is 9.97 Å². The van der Waals surface area contributed by atoms with Gasteiger partial charge in [0, 0.05) is 23.5 Å². The third kappa shape index (κ3) is 2.13. The van der Waals surface area contributed by atoms with E-state index in [2.05, 4.69) is 9.97 Å². The maximum absolute atomic E-state index is 5.07. The highest BCUT2D eigenvalue weighted by atomic mass is 16.5. The van der Waals surface area contributed by atoms with Crippen LogP contribution in [0.2, 0.25) is 0 Å². The number of hydrogen-bond donors (Lipinski definition) is 0. The Morgan fingerprint density at radius 3 is 2.67 bits per heavy atom. The van der Waals surface area contributed by atoms with Gasteiger partial charge in [0.25, 0.3) is 0 Å². The molecule has 0 fully saturated rings. The van der Waals surface area contributed by atoms with E-state index in [4.69, 9.17) is 4.74 Å². The molecule has 0 aliphatic carbocycles. The van der Waals surface area contributed by atoms with Crippen LogP contribution in [0.25, 0.3) is 11.3 Å². The molecule has 0 radical (unpaired) electrons. The topological polar surface area (TPSA) is 35.0 Å². The van der Waals surface area contributed by atoms with Gasteiger partial charge in [0.05, 0.1) is 12.8 Å². The number of ether oxygens (including phenoxy) is 1. The zero-order valence-electron chi connectivity index (χ0n) is 8.77. The Morgan fingerprint density at radius 2 is 2.00 bits per heavy atom. The van der Waals surface area contributed by atoms with Gasteiger partial charge in [0.1, 0.15) is 0 Å². The smallest absolute Gasteiger partial charge is 0.213 e. The van der Waals surface area contributed by atoms with Crippen molar-refractivity contribution in [2.24, 2.45) is 0 Å². The standard InChI is InChI=1S/C12H12N2O/c1-9-6-7-10(8-13-9)11-4-3-5-12(14-11)15-2/h3-8H,1-2H3. The molecule has 0 amide bonds. The molecule has 0 spiro atoms. The van der Waals surface area contributed by atoms with E-state index in [9.17, 15) is 0 Å². The molecule has 0 aliphatic heterocycles. The first-order valence-corrected chi connectivity index (χ1v) is 4.73. The van der Waals surface area contributed by atoms with Crippen molar-refractivity contribution in [3.05, 3.63) is 42.2 Å². The lowest BCUT2D eigenvalue weighted by atomic mass is 10.2. The quantitative estimate of drug-likeness (QED) is 0.747. The van der Waals surface area contributed by atoms with Crippen molar-refractivity contribution in [2.75, 3.05) is 7.11 Å². The first-order valence-electron chi connectivity index (χ1n) is 4.73. The molecule has 0 atom stereocenters. The highest BCUT2D eigenvalue weighted by molar-refractivity contribution is 5.58. The highest BCUT2D eigenvalue weighted by Gasteiger charge is 2.00. The molecular weight excluding hydrogens is 188 g/mol. The van der Waals surface area contributed by atoms with Crippen LogP contribution in [0.15, 0.2) is 36.5 Å². The maximum atomic E-state index is 5.07. The molecule has 15 heavy (non-hydrogen) atoms. The first-order chi connectivity index (χ1) is 7.29. The van der Waals surface area contributed by atoms with Crippen molar-refractivity contribution in [1.29, 1.82) is 0 Å². The van der Waals surface area contributed by atoms with Crippen LogP contribution in [0.1, 0.15) is 5.69 Å². The second-order valence-corrected chi connectivity index (χ2v) is 3.25. The number of methoxy groups -OCH3 is 1. The SMILES string of the molecule is COc1cccc(-c2ccc(C)nc2)n1. The monoisotopic (exact) mass is 200 g/mol. The van der Waals surface area contributed by atoms with Crippen molar-refractivity contribution < 1.29 is 4.74 Å². The van der Waals surface area contributed by atoms with Gasteiger partial charge in [-0.15, -0.1) is 0 Å². The molecule has 0 N–H and O–H groups in total. The predicted molar refractivity (Wildman–Crippen MR) is 58.8 cm³/mol. The maximum Gasteiger partial charge on any atom is 0.213 e. The van der Waals surface area contributed by atoms with Gasteiger partial charge in [0.15, 0.2) is 0 Å². The Balaban J connectivity index is 2.40. The van der Waals surface area contributed by atoms with E-state index in [0.717, 1.165) is 17.0 Å². The summed E-state index contributed by atoms with van der Waals surface area (Å²) >= 11 is 0. The minimum Gasteiger partial charge on any atom is -0.481 e. The lowest BCUT2D eigenvalue weighted by molar-refractivity contribution is 0.398. The van der Waals surface area contributed by atoms with Crippen LogP contribution >= 0.6 is 0 Å². The Bertz CT molecular complexity index is 451. The summed E-state index contributed by atoms with van der Waals surface area (Å²) in [6, 6.07) is 9.65. The molecule has 0 aromatic carbocycles. The largest absolute Gasteiger partial charge is 0.481 e. The fourth-order valence-corrected chi connectivity index (χ4v) is 1.31. The van der Waals surface area contributed by atoms with Crippen molar-refractivity contribution in [3.63, 3.8) is 0 Å². The molecule has 0 saturated carbocycles. The molecule has 76 valence electrons. The van der Waals surface area contributed by atoms with Crippen molar-refractivity contribution in [2.45, 2.75) is 6.92 Å². The molecular formula is C12H12N2O. The second kappa shape index (κ2) is 4.09. The van der Waals surface area contributed by atoms with E-state index in [1.807, 2.05) is 43.5 Å². The van der Waals surface area contributed by atoms with Crippen LogP contribution in [-0.2, 0) is 0 Å². The van der Waals surface area contributed by atoms with Gasteiger partial charge < -0.3 is 4.74 Å². The van der Waals surface area contributed by atoms with Gasteiger partial charge in [-0.05, 0) is 25.1 Å². The number of rotatable bonds is 2. The summed E-state index contributed by atoms with van der Waals surface area (Å²) in [5, 5.41) is 0. The number of nitrogens with zero attached hydrogens (tertiary/aromatic N) is 2. The van der Waals surface area contributed by atoms with Crippen LogP contribution in [0.3, 0.4) is 0 Å². The van der Waals surface area contributed by atoms with Gasteiger partial charge in [-0.3, -0.25) is 4.98 Å². The van der Waals surface area contributed by atoms with Crippen LogP contribution in [0.5, 0.6) is 5.88 Å². The summed E-state index contributed by atoms with van der Waals surface area (Å²) < 4.78 is 5.07. The molecule has 0 saturated heterocycles. The Morgan fingerprint density at radius 1 is 1.13 bits per heavy atom. The number of aryl methyl sites for hydroxylation is 1. The normalized spacial score (nSPS) is 10.0. The number of hydrogen-bond acceptors (Lipinski definition) is 3. The molecule has 2 heterocycles. The van der Waals surface area contributed by atoms with E-state index in [0.29, 0.717) is 5.88 Å². The van der Waals surface area contributed by atoms with E-state index in [1.54, 1.807) is 7.11 Å². The summed E-state index contributed by atoms with van der Waals surface area (Å²) in [7, 11) is 1.61. The van der Waals surface area contributed by atoms with E-state index in [1.165, 1.54) is 0 Å². The lowest BCUT2D eigenvalue weighted by Gasteiger charge is -2.03. The minimum atomic E-state index is 0.619. The number of pyridine rings is 2. The van der Waals surface area contributed by atoms with Crippen LogP contribution < -0.4 is 4.74 Å². The van der Waals surface area contributed by atoms with Crippen LogP contribution in [0, 0.1) is 6.92 Å². The van der Waals surface area contributed by atoms with Gasteiger partial charge >= 0.3 is 0 Å². The zero-order valence-corrected chi connectivity index (χ0v) is 8.77. The average Bonchev–Trinajstić information content (AvgIpc) is 2.30. The average molecular weight is 200 g/mol. The fraction of sp³-hybridized carbons (Fsp3) is 0.167. The summed E-state index contributed by atoms with van der Waals surface area (Å²) in [6.07, 6.45) is 1.82. The first kappa shape index (κ1) is 9.65. The second-order valence-electron chi connectivity index (χ2n) is 3.25. The Labute approximate surface area is 88.8 Å². The van der Waals surface area contributed by atoms with E-state index in [-0.39, 0.29) is 0 Å². The zero-order chi connectivity index (χ0) is 10.7. The van der Waals surface area contributed by atoms with Crippen molar-refractivity contribution in [3.8, 4) is 17.1 Å². The molecule has 3 heteroatoms. The number of aromatic nitrogens is 2. The molecule has 0 bridgehead atoms. The molecule has 2 aromatic rings. The molecule has 0 unspecified atom stereocenters. The minimum absolute atomic E-state index is 0.619. The van der Waals surface area contributed by atoms with Gasteiger partial charge in [-0.2, -0.15) is 0 Å². The highest BCUT2D eigenvalue weighted by Crippen LogP contribution is 2.18. The molecule has 0 aliphatic rings. The fourth-order valence-electron chi connectivity index (χ4n) is 1.31. The molecule has 2 aromatic heterocycles.